The van der Waals surface area contributed by atoms with Gasteiger partial charge in [0.15, 0.2) is 5.11 Å². The van der Waals surface area contributed by atoms with Crippen LogP contribution in [0.3, 0.4) is 0 Å². The van der Waals surface area contributed by atoms with Crippen molar-refractivity contribution in [3.05, 3.63) is 99.3 Å². The topological polar surface area (TPSA) is 58.6 Å². The summed E-state index contributed by atoms with van der Waals surface area (Å²) in [6, 6.07) is 17.6. The zero-order chi connectivity index (χ0) is 23.5. The van der Waals surface area contributed by atoms with Gasteiger partial charge in [-0.05, 0) is 72.4 Å². The molecule has 0 aromatic heterocycles. The molecule has 166 valence electrons. The van der Waals surface area contributed by atoms with Gasteiger partial charge in [-0.15, -0.1) is 0 Å². The minimum atomic E-state index is -0.611. The number of amides is 2. The first-order valence-corrected chi connectivity index (χ1v) is 10.8. The van der Waals surface area contributed by atoms with E-state index in [2.05, 4.69) is 5.32 Å². The first-order valence-electron chi connectivity index (χ1n) is 9.66. The Bertz CT molecular complexity index is 1270. The molecule has 3 aromatic rings. The number of thiocarbonyl (C=S) groups is 1. The second kappa shape index (κ2) is 9.70. The fourth-order valence-corrected chi connectivity index (χ4v) is 3.79. The van der Waals surface area contributed by atoms with Crippen LogP contribution < -0.4 is 15.0 Å². The van der Waals surface area contributed by atoms with Gasteiger partial charge in [0.05, 0.1) is 10.7 Å². The van der Waals surface area contributed by atoms with Gasteiger partial charge < -0.3 is 4.74 Å². The molecule has 4 rings (SSSR count). The highest BCUT2D eigenvalue weighted by Crippen LogP contribution is 2.25. The Labute approximate surface area is 204 Å². The van der Waals surface area contributed by atoms with E-state index in [1.165, 1.54) is 23.1 Å². The minimum absolute atomic E-state index is 0.0247. The standard InChI is InChI=1S/C24H15Cl2FN2O3S/c25-15-7-9-16(10-8-15)29-23(31)18(22(30)28-24(29)33)12-14-3-1-4-17(11-14)32-13-19-20(26)5-2-6-21(19)27/h1-12H,13H2,(H,28,30,33). The van der Waals surface area contributed by atoms with Crippen LogP contribution in [-0.2, 0) is 16.2 Å². The van der Waals surface area contributed by atoms with Crippen molar-refractivity contribution in [3.8, 4) is 5.75 Å². The van der Waals surface area contributed by atoms with Crippen LogP contribution in [0.25, 0.3) is 6.08 Å². The Morgan fingerprint density at radius 2 is 1.76 bits per heavy atom. The summed E-state index contributed by atoms with van der Waals surface area (Å²) in [6.45, 7) is -0.0798. The lowest BCUT2D eigenvalue weighted by Gasteiger charge is -2.29. The summed E-state index contributed by atoms with van der Waals surface area (Å²) in [4.78, 5) is 26.8. The van der Waals surface area contributed by atoms with Crippen LogP contribution in [0.15, 0.2) is 72.3 Å². The molecule has 9 heteroatoms. The van der Waals surface area contributed by atoms with Crippen molar-refractivity contribution in [1.82, 2.24) is 5.32 Å². The van der Waals surface area contributed by atoms with Crippen molar-refractivity contribution in [2.45, 2.75) is 6.61 Å². The number of carbonyl (C=O) groups excluding carboxylic acids is 2. The van der Waals surface area contributed by atoms with Gasteiger partial charge >= 0.3 is 0 Å². The van der Waals surface area contributed by atoms with Gasteiger partial charge in [-0.1, -0.05) is 41.4 Å². The molecule has 1 fully saturated rings. The van der Waals surface area contributed by atoms with Crippen LogP contribution in [0.4, 0.5) is 10.1 Å². The van der Waals surface area contributed by atoms with Crippen LogP contribution in [0.1, 0.15) is 11.1 Å². The Morgan fingerprint density at radius 1 is 1.03 bits per heavy atom. The number of carbonyl (C=O) groups is 2. The Balaban J connectivity index is 1.58. The smallest absolute Gasteiger partial charge is 0.270 e. The molecule has 1 N–H and O–H groups in total. The maximum absolute atomic E-state index is 14.0. The molecule has 2 amide bonds. The number of anilines is 1. The van der Waals surface area contributed by atoms with E-state index in [1.54, 1.807) is 54.6 Å². The number of hydrogen-bond acceptors (Lipinski definition) is 4. The molecule has 0 atom stereocenters. The van der Waals surface area contributed by atoms with Crippen molar-refractivity contribution in [1.29, 1.82) is 0 Å². The molecule has 33 heavy (non-hydrogen) atoms. The molecule has 1 saturated heterocycles. The number of hydrogen-bond donors (Lipinski definition) is 1. The van der Waals surface area contributed by atoms with Gasteiger partial charge in [0.1, 0.15) is 23.7 Å². The Kier molecular flexibility index (Phi) is 6.74. The minimum Gasteiger partial charge on any atom is -0.489 e. The molecule has 0 bridgehead atoms. The predicted octanol–water partition coefficient (Wildman–Crippen LogP) is 5.54. The van der Waals surface area contributed by atoms with E-state index >= 15 is 0 Å². The highest BCUT2D eigenvalue weighted by molar-refractivity contribution is 7.80. The molecule has 5 nitrogen and oxygen atoms in total. The third kappa shape index (κ3) is 5.06. The maximum Gasteiger partial charge on any atom is 0.270 e. The van der Waals surface area contributed by atoms with Crippen LogP contribution in [0.5, 0.6) is 5.75 Å². The van der Waals surface area contributed by atoms with Crippen LogP contribution in [-0.4, -0.2) is 16.9 Å². The first kappa shape index (κ1) is 22.9. The van der Waals surface area contributed by atoms with E-state index in [-0.39, 0.29) is 27.9 Å². The number of halogens is 3. The maximum atomic E-state index is 14.0. The molecule has 1 aliphatic rings. The van der Waals surface area contributed by atoms with Gasteiger partial charge in [-0.25, -0.2) is 4.39 Å². The van der Waals surface area contributed by atoms with Gasteiger partial charge in [-0.3, -0.25) is 19.8 Å². The van der Waals surface area contributed by atoms with Gasteiger partial charge in [0, 0.05) is 10.6 Å². The largest absolute Gasteiger partial charge is 0.489 e. The zero-order valence-electron chi connectivity index (χ0n) is 16.8. The summed E-state index contributed by atoms with van der Waals surface area (Å²) in [5.41, 5.74) is 1.14. The van der Waals surface area contributed by atoms with Gasteiger partial charge in [0.25, 0.3) is 11.8 Å². The van der Waals surface area contributed by atoms with Crippen molar-refractivity contribution < 1.29 is 18.7 Å². The lowest BCUT2D eigenvalue weighted by Crippen LogP contribution is -2.54. The number of benzene rings is 3. The third-order valence-electron chi connectivity index (χ3n) is 4.80. The molecular weight excluding hydrogens is 486 g/mol. The molecule has 0 spiro atoms. The zero-order valence-corrected chi connectivity index (χ0v) is 19.2. The molecule has 3 aromatic carbocycles. The second-order valence-corrected chi connectivity index (χ2v) is 8.23. The molecule has 1 aliphatic heterocycles. The van der Waals surface area contributed by atoms with Gasteiger partial charge in [0.2, 0.25) is 0 Å². The second-order valence-electron chi connectivity index (χ2n) is 7.00. The van der Waals surface area contributed by atoms with Crippen molar-refractivity contribution in [2.24, 2.45) is 0 Å². The van der Waals surface area contributed by atoms with Crippen LogP contribution in [0, 0.1) is 5.82 Å². The van der Waals surface area contributed by atoms with Crippen molar-refractivity contribution >= 4 is 64.1 Å². The SMILES string of the molecule is O=C1NC(=S)N(c2ccc(Cl)cc2)C(=O)C1=Cc1cccc(OCc2c(F)cccc2Cl)c1. The Hall–Kier alpha value is -3.26. The fraction of sp³-hybridized carbons (Fsp3) is 0.0417. The first-order chi connectivity index (χ1) is 15.8. The summed E-state index contributed by atoms with van der Waals surface area (Å²) in [5, 5.41) is 3.26. The normalized spacial score (nSPS) is 15.1. The van der Waals surface area contributed by atoms with Crippen LogP contribution in [0.2, 0.25) is 10.0 Å². The summed E-state index contributed by atoms with van der Waals surface area (Å²) in [5.74, 6) is -1.24. The average Bonchev–Trinajstić information content (AvgIpc) is 2.78. The van der Waals surface area contributed by atoms with Crippen LogP contribution >= 0.6 is 35.4 Å². The molecule has 0 unspecified atom stereocenters. The fourth-order valence-electron chi connectivity index (χ4n) is 3.17. The number of rotatable bonds is 5. The van der Waals surface area contributed by atoms with Gasteiger partial charge in [-0.2, -0.15) is 0 Å². The van der Waals surface area contributed by atoms with Crippen molar-refractivity contribution in [2.75, 3.05) is 4.90 Å². The summed E-state index contributed by atoms with van der Waals surface area (Å²) in [7, 11) is 0. The number of ether oxygens (including phenoxy) is 1. The van der Waals surface area contributed by atoms with E-state index < -0.39 is 17.6 Å². The van der Waals surface area contributed by atoms with E-state index in [9.17, 15) is 14.0 Å². The molecule has 0 saturated carbocycles. The quantitative estimate of drug-likeness (QED) is 0.283. The van der Waals surface area contributed by atoms with E-state index in [4.69, 9.17) is 40.2 Å². The highest BCUT2D eigenvalue weighted by atomic mass is 35.5. The van der Waals surface area contributed by atoms with E-state index in [0.29, 0.717) is 22.0 Å². The molecule has 1 heterocycles. The summed E-state index contributed by atoms with van der Waals surface area (Å²) >= 11 is 17.1. The molecular formula is C24H15Cl2FN2O3S. The Morgan fingerprint density at radius 3 is 2.48 bits per heavy atom. The van der Waals surface area contributed by atoms with Crippen molar-refractivity contribution in [3.63, 3.8) is 0 Å². The number of nitrogens with one attached hydrogen (secondary N) is 1. The predicted molar refractivity (Wildman–Crippen MR) is 130 cm³/mol. The lowest BCUT2D eigenvalue weighted by molar-refractivity contribution is -0.122. The molecule has 0 radical (unpaired) electrons. The monoisotopic (exact) mass is 500 g/mol. The lowest BCUT2D eigenvalue weighted by atomic mass is 10.1. The average molecular weight is 501 g/mol. The highest BCUT2D eigenvalue weighted by Gasteiger charge is 2.34. The van der Waals surface area contributed by atoms with E-state index in [1.807, 2.05) is 0 Å². The summed E-state index contributed by atoms with van der Waals surface area (Å²) < 4.78 is 19.7. The number of nitrogens with zero attached hydrogens (tertiary/aromatic N) is 1. The third-order valence-corrected chi connectivity index (χ3v) is 5.69. The summed E-state index contributed by atoms with van der Waals surface area (Å²) in [6.07, 6.45) is 1.44. The van der Waals surface area contributed by atoms with E-state index in [0.717, 1.165) is 0 Å². The molecule has 0 aliphatic carbocycles.